The second-order valence-corrected chi connectivity index (χ2v) is 5.65. The molecule has 0 saturated heterocycles. The first-order valence-electron chi connectivity index (χ1n) is 7.92. The highest BCUT2D eigenvalue weighted by atomic mass is 16.5. The third-order valence-corrected chi connectivity index (χ3v) is 4.03. The molecule has 0 aliphatic rings. The van der Waals surface area contributed by atoms with E-state index in [-0.39, 0.29) is 6.04 Å². The Morgan fingerprint density at radius 2 is 1.95 bits per heavy atom. The van der Waals surface area contributed by atoms with Crippen LogP contribution in [0.1, 0.15) is 38.3 Å². The summed E-state index contributed by atoms with van der Waals surface area (Å²) in [5, 5.41) is 10.9. The molecule has 1 heterocycles. The summed E-state index contributed by atoms with van der Waals surface area (Å²) in [6.45, 7) is 6.19. The van der Waals surface area contributed by atoms with Crippen LogP contribution in [-0.2, 0) is 7.05 Å². The first-order valence-corrected chi connectivity index (χ1v) is 7.92. The maximum atomic E-state index is 9.77. The number of aromatic nitrogens is 1. The molecular formula is C18H25N3O. The summed E-state index contributed by atoms with van der Waals surface area (Å²) in [5.41, 5.74) is 2.20. The second kappa shape index (κ2) is 7.33. The van der Waals surface area contributed by atoms with Crippen LogP contribution in [0.5, 0.6) is 5.75 Å². The smallest absolute Gasteiger partial charge is 0.125 e. The molecule has 4 heteroatoms. The summed E-state index contributed by atoms with van der Waals surface area (Å²) in [5.74, 6) is 0.828. The van der Waals surface area contributed by atoms with Gasteiger partial charge in [-0.05, 0) is 44.1 Å². The number of ether oxygens (including phenoxy) is 1. The summed E-state index contributed by atoms with van der Waals surface area (Å²) < 4.78 is 7.44. The summed E-state index contributed by atoms with van der Waals surface area (Å²) in [6, 6.07) is 8.34. The fourth-order valence-electron chi connectivity index (χ4n) is 3.04. The van der Waals surface area contributed by atoms with Gasteiger partial charge in [0.15, 0.2) is 0 Å². The fraction of sp³-hybridized carbons (Fsp3) is 0.500. The highest BCUT2D eigenvalue weighted by Gasteiger charge is 2.23. The number of rotatable bonds is 7. The molecule has 22 heavy (non-hydrogen) atoms. The van der Waals surface area contributed by atoms with E-state index < -0.39 is 0 Å². The maximum Gasteiger partial charge on any atom is 0.125 e. The minimum Gasteiger partial charge on any atom is -0.497 e. The fourth-order valence-corrected chi connectivity index (χ4v) is 3.04. The van der Waals surface area contributed by atoms with Crippen molar-refractivity contribution in [1.29, 1.82) is 5.26 Å². The van der Waals surface area contributed by atoms with Crippen LogP contribution >= 0.6 is 0 Å². The average Bonchev–Trinajstić information content (AvgIpc) is 2.85. The van der Waals surface area contributed by atoms with Gasteiger partial charge in [-0.25, -0.2) is 0 Å². The van der Waals surface area contributed by atoms with Crippen molar-refractivity contribution in [2.45, 2.75) is 32.7 Å². The Kier molecular flexibility index (Phi) is 5.46. The van der Waals surface area contributed by atoms with Crippen LogP contribution in [0.15, 0.2) is 24.4 Å². The van der Waals surface area contributed by atoms with Crippen LogP contribution in [0.25, 0.3) is 10.9 Å². The van der Waals surface area contributed by atoms with E-state index in [1.54, 1.807) is 7.11 Å². The van der Waals surface area contributed by atoms with Crippen LogP contribution in [0.4, 0.5) is 0 Å². The molecule has 2 aromatic rings. The SMILES string of the molecule is CCCN(CCC)C(C#N)c1cn(C)c2ccc(OC)cc12. The van der Waals surface area contributed by atoms with Gasteiger partial charge >= 0.3 is 0 Å². The molecule has 1 aromatic carbocycles. The minimum absolute atomic E-state index is 0.212. The van der Waals surface area contributed by atoms with E-state index in [2.05, 4.69) is 41.6 Å². The maximum absolute atomic E-state index is 9.77. The van der Waals surface area contributed by atoms with Crippen LogP contribution in [0.2, 0.25) is 0 Å². The number of nitrogens with zero attached hydrogens (tertiary/aromatic N) is 3. The summed E-state index contributed by atoms with van der Waals surface area (Å²) >= 11 is 0. The van der Waals surface area contributed by atoms with Crippen LogP contribution in [0, 0.1) is 11.3 Å². The third-order valence-electron chi connectivity index (χ3n) is 4.03. The summed E-state index contributed by atoms with van der Waals surface area (Å²) in [4.78, 5) is 2.27. The molecule has 4 nitrogen and oxygen atoms in total. The second-order valence-electron chi connectivity index (χ2n) is 5.65. The van der Waals surface area contributed by atoms with Gasteiger partial charge in [0, 0.05) is 29.7 Å². The van der Waals surface area contributed by atoms with Crippen LogP contribution < -0.4 is 4.74 Å². The number of fused-ring (bicyclic) bond motifs is 1. The normalized spacial score (nSPS) is 12.5. The molecule has 1 atom stereocenters. The molecule has 0 amide bonds. The Morgan fingerprint density at radius 1 is 1.27 bits per heavy atom. The lowest BCUT2D eigenvalue weighted by Crippen LogP contribution is -2.29. The highest BCUT2D eigenvalue weighted by molar-refractivity contribution is 5.86. The Hall–Kier alpha value is -1.99. The average molecular weight is 299 g/mol. The monoisotopic (exact) mass is 299 g/mol. The van der Waals surface area contributed by atoms with E-state index in [4.69, 9.17) is 4.74 Å². The Bertz CT molecular complexity index is 663. The number of aryl methyl sites for hydroxylation is 1. The molecule has 0 spiro atoms. The van der Waals surface area contributed by atoms with Crippen molar-refractivity contribution in [3.63, 3.8) is 0 Å². The van der Waals surface area contributed by atoms with Gasteiger partial charge in [0.2, 0.25) is 0 Å². The number of hydrogen-bond donors (Lipinski definition) is 0. The molecule has 0 aliphatic heterocycles. The Morgan fingerprint density at radius 3 is 2.50 bits per heavy atom. The zero-order valence-electron chi connectivity index (χ0n) is 14.0. The van der Waals surface area contributed by atoms with E-state index in [1.807, 2.05) is 19.2 Å². The van der Waals surface area contributed by atoms with Crippen molar-refractivity contribution in [2.75, 3.05) is 20.2 Å². The molecule has 0 aliphatic carbocycles. The van der Waals surface area contributed by atoms with Gasteiger partial charge in [-0.3, -0.25) is 4.90 Å². The van der Waals surface area contributed by atoms with Crippen molar-refractivity contribution in [3.8, 4) is 11.8 Å². The lowest BCUT2D eigenvalue weighted by atomic mass is 10.0. The molecule has 0 bridgehead atoms. The molecule has 1 aromatic heterocycles. The lowest BCUT2D eigenvalue weighted by molar-refractivity contribution is 0.237. The van der Waals surface area contributed by atoms with Gasteiger partial charge < -0.3 is 9.30 Å². The predicted octanol–water partition coefficient (Wildman–Crippen LogP) is 3.87. The first-order chi connectivity index (χ1) is 10.7. The number of benzene rings is 1. The molecule has 0 fully saturated rings. The van der Waals surface area contributed by atoms with Crippen molar-refractivity contribution in [2.24, 2.45) is 7.05 Å². The van der Waals surface area contributed by atoms with E-state index in [0.717, 1.165) is 48.1 Å². The summed E-state index contributed by atoms with van der Waals surface area (Å²) in [7, 11) is 3.70. The molecule has 0 N–H and O–H groups in total. The zero-order chi connectivity index (χ0) is 16.1. The van der Waals surface area contributed by atoms with Gasteiger partial charge in [0.05, 0.1) is 13.2 Å². The van der Waals surface area contributed by atoms with E-state index in [9.17, 15) is 5.26 Å². The number of methoxy groups -OCH3 is 1. The highest BCUT2D eigenvalue weighted by Crippen LogP contribution is 2.32. The molecule has 0 radical (unpaired) electrons. The quantitative estimate of drug-likeness (QED) is 0.779. The van der Waals surface area contributed by atoms with Gasteiger partial charge in [-0.15, -0.1) is 0 Å². The molecule has 2 rings (SSSR count). The van der Waals surface area contributed by atoms with Crippen molar-refractivity contribution < 1.29 is 4.74 Å². The molecule has 118 valence electrons. The van der Waals surface area contributed by atoms with Gasteiger partial charge in [0.25, 0.3) is 0 Å². The summed E-state index contributed by atoms with van der Waals surface area (Å²) in [6.07, 6.45) is 4.18. The molecule has 1 unspecified atom stereocenters. The standard InChI is InChI=1S/C18H25N3O/c1-5-9-21(10-6-2)18(12-19)16-13-20(3)17-8-7-14(22-4)11-15(16)17/h7-8,11,13,18H,5-6,9-10H2,1-4H3. The lowest BCUT2D eigenvalue weighted by Gasteiger charge is -2.26. The molecular weight excluding hydrogens is 274 g/mol. The van der Waals surface area contributed by atoms with Crippen molar-refractivity contribution in [3.05, 3.63) is 30.0 Å². The van der Waals surface area contributed by atoms with Crippen molar-refractivity contribution in [1.82, 2.24) is 9.47 Å². The van der Waals surface area contributed by atoms with Crippen LogP contribution in [-0.4, -0.2) is 29.7 Å². The zero-order valence-corrected chi connectivity index (χ0v) is 14.0. The minimum atomic E-state index is -0.212. The van der Waals surface area contributed by atoms with Crippen molar-refractivity contribution >= 4 is 10.9 Å². The van der Waals surface area contributed by atoms with Crippen LogP contribution in [0.3, 0.4) is 0 Å². The molecule has 0 saturated carbocycles. The Labute approximate surface area is 132 Å². The van der Waals surface area contributed by atoms with Gasteiger partial charge in [-0.1, -0.05) is 13.8 Å². The Balaban J connectivity index is 2.52. The number of hydrogen-bond acceptors (Lipinski definition) is 3. The van der Waals surface area contributed by atoms with Gasteiger partial charge in [-0.2, -0.15) is 5.26 Å². The number of nitriles is 1. The third kappa shape index (κ3) is 3.10. The topological polar surface area (TPSA) is 41.2 Å². The van der Waals surface area contributed by atoms with Gasteiger partial charge in [0.1, 0.15) is 11.8 Å². The van der Waals surface area contributed by atoms with E-state index in [1.165, 1.54) is 0 Å². The largest absolute Gasteiger partial charge is 0.497 e. The van der Waals surface area contributed by atoms with E-state index >= 15 is 0 Å². The van der Waals surface area contributed by atoms with E-state index in [0.29, 0.717) is 0 Å². The first kappa shape index (κ1) is 16.4. The predicted molar refractivity (Wildman–Crippen MR) is 90.0 cm³/mol.